The van der Waals surface area contributed by atoms with Crippen molar-refractivity contribution >= 4 is 22.7 Å². The molecule has 2 heterocycles. The molecule has 2 aromatic heterocycles. The average Bonchev–Trinajstić information content (AvgIpc) is 3.21. The van der Waals surface area contributed by atoms with Gasteiger partial charge in [0.2, 0.25) is 5.95 Å². The smallest absolute Gasteiger partial charge is 0.205 e. The van der Waals surface area contributed by atoms with Crippen LogP contribution in [0, 0.1) is 0 Å². The highest BCUT2D eigenvalue weighted by Crippen LogP contribution is 2.34. The number of hydrogen-bond donors (Lipinski definition) is 1. The molecule has 0 radical (unpaired) electrons. The van der Waals surface area contributed by atoms with Gasteiger partial charge in [0.25, 0.3) is 0 Å². The van der Waals surface area contributed by atoms with E-state index < -0.39 is 0 Å². The largest absolute Gasteiger partial charge is 0.464 e. The van der Waals surface area contributed by atoms with Gasteiger partial charge in [-0.25, -0.2) is 4.98 Å². The van der Waals surface area contributed by atoms with Gasteiger partial charge in [0.05, 0.1) is 17.3 Å². The maximum atomic E-state index is 6.17. The number of para-hydroxylation sites is 2. The molecule has 2 N–H and O–H groups in total. The van der Waals surface area contributed by atoms with Crippen molar-refractivity contribution in [2.45, 2.75) is 0 Å². The van der Waals surface area contributed by atoms with Crippen LogP contribution in [0.15, 0.2) is 65.3 Å². The van der Waals surface area contributed by atoms with Crippen LogP contribution in [-0.2, 0) is 0 Å². The number of imidazole rings is 1. The van der Waals surface area contributed by atoms with Crippen molar-refractivity contribution in [1.82, 2.24) is 9.55 Å². The van der Waals surface area contributed by atoms with E-state index in [2.05, 4.69) is 22.0 Å². The van der Waals surface area contributed by atoms with Crippen molar-refractivity contribution in [2.75, 3.05) is 24.7 Å². The molecule has 0 aliphatic heterocycles. The van der Waals surface area contributed by atoms with E-state index in [4.69, 9.17) is 10.2 Å². The highest BCUT2D eigenvalue weighted by atomic mass is 16.3. The standard InChI is InChI=1S/C19H18N4O/c1-22(2)16-10-9-13(12-14(16)18-8-5-11-24-18)23-17-7-4-3-6-15(17)21-19(23)20/h3-12H,1-2H3,(H2,20,21). The Labute approximate surface area is 139 Å². The molecule has 2 aromatic carbocycles. The van der Waals surface area contributed by atoms with Crippen LogP contribution in [0.3, 0.4) is 0 Å². The number of nitrogens with zero attached hydrogens (tertiary/aromatic N) is 3. The molecule has 0 atom stereocenters. The lowest BCUT2D eigenvalue weighted by Crippen LogP contribution is -2.10. The first kappa shape index (κ1) is 14.4. The molecule has 0 aliphatic carbocycles. The van der Waals surface area contributed by atoms with Crippen molar-refractivity contribution < 1.29 is 4.42 Å². The maximum Gasteiger partial charge on any atom is 0.205 e. The Bertz CT molecular complexity index is 1000. The Morgan fingerprint density at radius 3 is 2.62 bits per heavy atom. The highest BCUT2D eigenvalue weighted by molar-refractivity contribution is 5.83. The van der Waals surface area contributed by atoms with Crippen LogP contribution in [-0.4, -0.2) is 23.6 Å². The number of benzene rings is 2. The summed E-state index contributed by atoms with van der Waals surface area (Å²) in [5.74, 6) is 1.29. The monoisotopic (exact) mass is 318 g/mol. The summed E-state index contributed by atoms with van der Waals surface area (Å²) in [6.45, 7) is 0. The summed E-state index contributed by atoms with van der Waals surface area (Å²) >= 11 is 0. The Hall–Kier alpha value is -3.21. The summed E-state index contributed by atoms with van der Waals surface area (Å²) in [5.41, 5.74) is 11.1. The number of fused-ring (bicyclic) bond motifs is 1. The molecular formula is C19H18N4O. The van der Waals surface area contributed by atoms with E-state index in [1.165, 1.54) is 0 Å². The number of rotatable bonds is 3. The van der Waals surface area contributed by atoms with E-state index in [-0.39, 0.29) is 0 Å². The lowest BCUT2D eigenvalue weighted by atomic mass is 10.1. The lowest BCUT2D eigenvalue weighted by molar-refractivity contribution is 0.582. The van der Waals surface area contributed by atoms with E-state index in [0.29, 0.717) is 5.95 Å². The number of nitrogen functional groups attached to an aromatic ring is 1. The van der Waals surface area contributed by atoms with Crippen LogP contribution in [0.25, 0.3) is 28.0 Å². The average molecular weight is 318 g/mol. The molecular weight excluding hydrogens is 300 g/mol. The van der Waals surface area contributed by atoms with E-state index in [1.807, 2.05) is 61.1 Å². The van der Waals surface area contributed by atoms with Gasteiger partial charge in [-0.1, -0.05) is 12.1 Å². The van der Waals surface area contributed by atoms with Crippen molar-refractivity contribution in [3.05, 3.63) is 60.9 Å². The second kappa shape index (κ2) is 5.45. The summed E-state index contributed by atoms with van der Waals surface area (Å²) < 4.78 is 7.58. The number of furan rings is 1. The first-order valence-corrected chi connectivity index (χ1v) is 7.74. The van der Waals surface area contributed by atoms with Gasteiger partial charge in [-0.15, -0.1) is 0 Å². The quantitative estimate of drug-likeness (QED) is 0.621. The molecule has 5 heteroatoms. The summed E-state index contributed by atoms with van der Waals surface area (Å²) in [7, 11) is 4.03. The SMILES string of the molecule is CN(C)c1ccc(-n2c(N)nc3ccccc32)cc1-c1ccco1. The molecule has 0 fully saturated rings. The lowest BCUT2D eigenvalue weighted by Gasteiger charge is -2.18. The molecule has 0 spiro atoms. The van der Waals surface area contributed by atoms with E-state index in [0.717, 1.165) is 33.7 Å². The fraction of sp³-hybridized carbons (Fsp3) is 0.105. The predicted molar refractivity (Wildman–Crippen MR) is 97.5 cm³/mol. The normalized spacial score (nSPS) is 11.1. The van der Waals surface area contributed by atoms with E-state index in [1.54, 1.807) is 6.26 Å². The van der Waals surface area contributed by atoms with Crippen LogP contribution in [0.2, 0.25) is 0 Å². The number of anilines is 2. The van der Waals surface area contributed by atoms with Gasteiger partial charge in [0, 0.05) is 31.0 Å². The molecule has 0 saturated heterocycles. The zero-order chi connectivity index (χ0) is 16.7. The topological polar surface area (TPSA) is 60.2 Å². The molecule has 0 aliphatic rings. The first-order valence-electron chi connectivity index (χ1n) is 7.74. The zero-order valence-electron chi connectivity index (χ0n) is 13.6. The third-order valence-corrected chi connectivity index (χ3v) is 4.09. The van der Waals surface area contributed by atoms with Crippen LogP contribution in [0.5, 0.6) is 0 Å². The number of aromatic nitrogens is 2. The first-order chi connectivity index (χ1) is 11.6. The van der Waals surface area contributed by atoms with Crippen LogP contribution in [0.1, 0.15) is 0 Å². The van der Waals surface area contributed by atoms with Crippen LogP contribution in [0.4, 0.5) is 11.6 Å². The van der Waals surface area contributed by atoms with Gasteiger partial charge >= 0.3 is 0 Å². The molecule has 0 bridgehead atoms. The Kier molecular flexibility index (Phi) is 3.27. The van der Waals surface area contributed by atoms with Gasteiger partial charge in [-0.3, -0.25) is 4.57 Å². The number of nitrogens with two attached hydrogens (primary N) is 1. The third-order valence-electron chi connectivity index (χ3n) is 4.09. The molecule has 24 heavy (non-hydrogen) atoms. The maximum absolute atomic E-state index is 6.17. The third kappa shape index (κ3) is 2.22. The zero-order valence-corrected chi connectivity index (χ0v) is 13.6. The van der Waals surface area contributed by atoms with Gasteiger partial charge in [0.15, 0.2) is 0 Å². The minimum absolute atomic E-state index is 0.471. The molecule has 4 rings (SSSR count). The van der Waals surface area contributed by atoms with Crippen LogP contribution >= 0.6 is 0 Å². The van der Waals surface area contributed by atoms with E-state index >= 15 is 0 Å². The van der Waals surface area contributed by atoms with Gasteiger partial charge in [-0.05, 0) is 42.5 Å². The van der Waals surface area contributed by atoms with Crippen molar-refractivity contribution in [3.63, 3.8) is 0 Å². The van der Waals surface area contributed by atoms with Gasteiger partial charge < -0.3 is 15.1 Å². The summed E-state index contributed by atoms with van der Waals surface area (Å²) in [6.07, 6.45) is 1.68. The second-order valence-corrected chi connectivity index (χ2v) is 5.87. The summed E-state index contributed by atoms with van der Waals surface area (Å²) in [5, 5.41) is 0. The highest BCUT2D eigenvalue weighted by Gasteiger charge is 2.14. The van der Waals surface area contributed by atoms with Crippen molar-refractivity contribution in [2.24, 2.45) is 0 Å². The summed E-state index contributed by atoms with van der Waals surface area (Å²) in [6, 6.07) is 18.0. The molecule has 4 aromatic rings. The Morgan fingerprint density at radius 2 is 1.88 bits per heavy atom. The molecule has 5 nitrogen and oxygen atoms in total. The Balaban J connectivity index is 1.96. The molecule has 120 valence electrons. The van der Waals surface area contributed by atoms with Crippen molar-refractivity contribution in [1.29, 1.82) is 0 Å². The van der Waals surface area contributed by atoms with Gasteiger partial charge in [-0.2, -0.15) is 0 Å². The fourth-order valence-corrected chi connectivity index (χ4v) is 3.00. The molecule has 0 unspecified atom stereocenters. The Morgan fingerprint density at radius 1 is 1.04 bits per heavy atom. The number of hydrogen-bond acceptors (Lipinski definition) is 4. The summed E-state index contributed by atoms with van der Waals surface area (Å²) in [4.78, 5) is 6.51. The second-order valence-electron chi connectivity index (χ2n) is 5.87. The molecule has 0 amide bonds. The minimum atomic E-state index is 0.471. The van der Waals surface area contributed by atoms with Gasteiger partial charge in [0.1, 0.15) is 5.76 Å². The van der Waals surface area contributed by atoms with E-state index in [9.17, 15) is 0 Å². The molecule has 0 saturated carbocycles. The van der Waals surface area contributed by atoms with Crippen molar-refractivity contribution in [3.8, 4) is 17.0 Å². The predicted octanol–water partition coefficient (Wildman–Crippen LogP) is 3.93. The fourth-order valence-electron chi connectivity index (χ4n) is 3.00. The van der Waals surface area contributed by atoms with Crippen LogP contribution < -0.4 is 10.6 Å². The minimum Gasteiger partial charge on any atom is -0.464 e.